The number of rotatable bonds is 0. The molecule has 0 bridgehead atoms. The van der Waals surface area contributed by atoms with E-state index in [1.165, 1.54) is 59.1 Å². The second-order valence-electron chi connectivity index (χ2n) is 16.0. The minimum atomic E-state index is 0.546. The summed E-state index contributed by atoms with van der Waals surface area (Å²) < 4.78 is 17.0. The van der Waals surface area contributed by atoms with Crippen molar-refractivity contribution in [2.45, 2.75) is 231 Å². The molecular weight excluding hydrogens is 1190 g/mol. The van der Waals surface area contributed by atoms with Crippen LogP contribution in [0.3, 0.4) is 0 Å². The zero-order valence-corrected chi connectivity index (χ0v) is 65.5. The molecule has 3 unspecified atom stereocenters. The van der Waals surface area contributed by atoms with Crippen LogP contribution in [0.5, 0.6) is 0 Å². The molecule has 31 heteroatoms. The second-order valence-corrected chi connectivity index (χ2v) is 16.0. The zero-order valence-electron chi connectivity index (χ0n) is 65.5. The number of allylic oxidation sites excluding steroid dienone is 1. The normalized spacial score (nSPS) is 13.0. The van der Waals surface area contributed by atoms with Gasteiger partial charge in [-0.2, -0.15) is 65.1 Å². The molecule has 8 aromatic rings. The van der Waals surface area contributed by atoms with Crippen LogP contribution < -0.4 is 4.68 Å². The van der Waals surface area contributed by atoms with Crippen molar-refractivity contribution < 1.29 is 14.2 Å². The molecule has 0 radical (unpaired) electrons. The predicted molar refractivity (Wildman–Crippen MR) is 385 cm³/mol. The van der Waals surface area contributed by atoms with Gasteiger partial charge >= 0.3 is 0 Å². The summed E-state index contributed by atoms with van der Waals surface area (Å²) >= 11 is 0. The van der Waals surface area contributed by atoms with Crippen LogP contribution in [-0.2, 0) is 58.8 Å². The van der Waals surface area contributed by atoms with E-state index in [0.29, 0.717) is 23.8 Å². The first kappa shape index (κ1) is 107. The molecule has 2 N–H and O–H groups in total. The molecule has 0 aromatic carbocycles. The Bertz CT molecular complexity index is 2120. The number of nitrogens with zero attached hydrogens (tertiary/aromatic N) is 27. The maximum Gasteiger partial charge on any atom is 0.206 e. The Hall–Kier alpha value is -8.09. The number of H-pyrrole nitrogens is 2. The minimum absolute atomic E-state index is 0.546. The standard InChI is InChI=1S/C5H9N.2C5H10O.C4H6N2.2C3H6N4.6C3H5N3.10C2H6/c1-5-3-2-4-6-5;1-5-2-3-6-4-5;1-5-3-2-4-6-5;1-4-2-3-5-6-4;2*1-3-4-6-7(2)5-3;1-6-2-4-5-3-6;2*1-6-3-4-2-5-6;1-6-3-2-4-5-6;1-6-4-2-3-5-6;1-3-2-4-6-5-3;10*1-2/h4-5H,2-3H2,1H3;2*5H,2-4H2,1H3;2H,3H2,1H3;2*1-2H3;5*2-3H,1H3;2H,1H3,(H,4,5,6);10*1-2H3/p+1. The van der Waals surface area contributed by atoms with Crippen LogP contribution in [0.15, 0.2) is 95.9 Å². The summed E-state index contributed by atoms with van der Waals surface area (Å²) in [6.07, 6.45) is 28.8. The van der Waals surface area contributed by atoms with Gasteiger partial charge in [-0.3, -0.25) is 14.4 Å². The first-order chi connectivity index (χ1) is 45.5. The summed E-state index contributed by atoms with van der Waals surface area (Å²) in [6.45, 7) is 57.6. The minimum Gasteiger partial charge on any atom is -0.381 e. The van der Waals surface area contributed by atoms with Crippen LogP contribution in [-0.4, -0.2) is 170 Å². The topological polar surface area (TPSA) is 340 Å². The molecule has 94 heavy (non-hydrogen) atoms. The average molecular weight is 1330 g/mol. The number of azo groups is 1. The molecule has 12 heterocycles. The van der Waals surface area contributed by atoms with Crippen molar-refractivity contribution in [3.63, 3.8) is 0 Å². The van der Waals surface area contributed by atoms with Crippen LogP contribution in [0.2, 0.25) is 0 Å². The quantitative estimate of drug-likeness (QED) is 0.133. The summed E-state index contributed by atoms with van der Waals surface area (Å²) in [5.41, 5.74) is 1.96. The lowest BCUT2D eigenvalue weighted by Crippen LogP contribution is -2.28. The molecule has 31 nitrogen and oxygen atoms in total. The molecular formula is C63H138N29O2+. The molecule has 0 spiro atoms. The Kier molecular flexibility index (Phi) is 107. The largest absolute Gasteiger partial charge is 0.381 e. The molecule has 0 amide bonds. The van der Waals surface area contributed by atoms with E-state index in [-0.39, 0.29) is 0 Å². The van der Waals surface area contributed by atoms with Gasteiger partial charge in [-0.05, 0) is 102 Å². The van der Waals surface area contributed by atoms with Crippen LogP contribution >= 0.6 is 0 Å². The van der Waals surface area contributed by atoms with Crippen molar-refractivity contribution in [2.24, 2.45) is 70.5 Å². The number of aryl methyl sites for hydroxylation is 10. The lowest BCUT2D eigenvalue weighted by atomic mass is 10.2. The van der Waals surface area contributed by atoms with Gasteiger partial charge in [0.1, 0.15) is 45.0 Å². The maximum atomic E-state index is 5.15. The van der Waals surface area contributed by atoms with Crippen LogP contribution in [0, 0.1) is 26.7 Å². The highest BCUT2D eigenvalue weighted by Crippen LogP contribution is 2.10. The summed E-state index contributed by atoms with van der Waals surface area (Å²) in [5.74, 6) is 2.25. The molecule has 3 atom stereocenters. The van der Waals surface area contributed by atoms with E-state index in [0.717, 1.165) is 43.7 Å². The molecule has 546 valence electrons. The van der Waals surface area contributed by atoms with Crippen molar-refractivity contribution in [1.82, 2.24) is 125 Å². The van der Waals surface area contributed by atoms with Crippen molar-refractivity contribution in [1.29, 1.82) is 0 Å². The van der Waals surface area contributed by atoms with Gasteiger partial charge in [0.25, 0.3) is 0 Å². The smallest absolute Gasteiger partial charge is 0.206 e. The summed E-state index contributed by atoms with van der Waals surface area (Å²) in [4.78, 5) is 15.8. The maximum absolute atomic E-state index is 5.15. The Morgan fingerprint density at radius 1 is 0.564 bits per heavy atom. The van der Waals surface area contributed by atoms with Crippen molar-refractivity contribution in [3.05, 3.63) is 98.1 Å². The van der Waals surface area contributed by atoms with Crippen molar-refractivity contribution in [3.8, 4) is 0 Å². The number of nitrogens with one attached hydrogen (secondary N) is 2. The Balaban J connectivity index is -0.0000000999. The number of hydrogen-bond acceptors (Lipinski definition) is 22. The van der Waals surface area contributed by atoms with E-state index in [4.69, 9.17) is 9.47 Å². The predicted octanol–water partition coefficient (Wildman–Crippen LogP) is 12.7. The summed E-state index contributed by atoms with van der Waals surface area (Å²) in [6, 6.07) is 0.616. The highest BCUT2D eigenvalue weighted by Gasteiger charge is 2.08. The highest BCUT2D eigenvalue weighted by molar-refractivity contribution is 5.59. The fraction of sp³-hybridized carbons (Fsp3) is 0.730. The SMILES string of the molecule is CC.CC.CC.CC.CC.CC.CC.CC.CC.CC.CC1=CCN=N1.CC1CCC=N1.CC1CCCO1.CC1CCOC1.C[n+]1ccn[nH]1.Cc1cn[nH]n1.Cc1nnn(C)n1.Cc1nnn(C)n1.Cn1cncn1.Cn1cncn1.Cn1cnnc1.Cn1nccn1. The molecule has 2 saturated heterocycles. The van der Waals surface area contributed by atoms with Gasteiger partial charge in [-0.25, -0.2) is 9.97 Å². The van der Waals surface area contributed by atoms with E-state index < -0.39 is 0 Å². The number of aromatic amines is 2. The van der Waals surface area contributed by atoms with Gasteiger partial charge in [0, 0.05) is 59.2 Å². The lowest BCUT2D eigenvalue weighted by Gasteiger charge is -1.94. The third-order valence-electron chi connectivity index (χ3n) is 8.55. The van der Waals surface area contributed by atoms with Gasteiger partial charge < -0.3 is 14.0 Å². The van der Waals surface area contributed by atoms with E-state index in [1.54, 1.807) is 104 Å². The Morgan fingerprint density at radius 2 is 1.05 bits per heavy atom. The van der Waals surface area contributed by atoms with Crippen LogP contribution in [0.4, 0.5) is 0 Å². The average Bonchev–Trinajstić information content (AvgIpc) is 3.98. The van der Waals surface area contributed by atoms with Crippen molar-refractivity contribution in [2.75, 3.05) is 26.4 Å². The molecule has 4 aliphatic rings. The van der Waals surface area contributed by atoms with Gasteiger partial charge in [0.15, 0.2) is 17.8 Å². The first-order valence-electron chi connectivity index (χ1n) is 33.5. The second kappa shape index (κ2) is 93.6. The Morgan fingerprint density at radius 3 is 1.16 bits per heavy atom. The molecule has 2 fully saturated rings. The molecule has 0 saturated carbocycles. The zero-order chi connectivity index (χ0) is 74.6. The lowest BCUT2D eigenvalue weighted by molar-refractivity contribution is -0.730. The molecule has 8 aromatic heterocycles. The van der Waals surface area contributed by atoms with Gasteiger partial charge in [-0.15, -0.1) is 30.6 Å². The molecule has 0 aliphatic carbocycles. The first-order valence-corrected chi connectivity index (χ1v) is 33.5. The van der Waals surface area contributed by atoms with Crippen LogP contribution in [0.25, 0.3) is 0 Å². The number of aromatic nitrogens is 26. The fourth-order valence-corrected chi connectivity index (χ4v) is 4.78. The number of aliphatic imine (C=N–C) groups is 1. The van der Waals surface area contributed by atoms with Gasteiger partial charge in [0.05, 0.1) is 56.7 Å². The van der Waals surface area contributed by atoms with Gasteiger partial charge in [0.2, 0.25) is 6.20 Å². The summed E-state index contributed by atoms with van der Waals surface area (Å²) in [5, 5.41) is 67.4. The highest BCUT2D eigenvalue weighted by atomic mass is 16.5. The van der Waals surface area contributed by atoms with Crippen molar-refractivity contribution >= 4 is 6.21 Å². The number of tetrazole rings is 2. The number of hydrogen-bond donors (Lipinski definition) is 2. The van der Waals surface area contributed by atoms with Crippen LogP contribution in [0.1, 0.15) is 216 Å². The Labute approximate surface area is 569 Å². The summed E-state index contributed by atoms with van der Waals surface area (Å²) in [7, 11) is 12.7. The molecule has 4 aliphatic heterocycles. The van der Waals surface area contributed by atoms with E-state index >= 15 is 0 Å². The third-order valence-corrected chi connectivity index (χ3v) is 8.55. The van der Waals surface area contributed by atoms with Gasteiger partial charge in [-0.1, -0.05) is 151 Å². The number of ether oxygens (including phenoxy) is 2. The van der Waals surface area contributed by atoms with E-state index in [9.17, 15) is 0 Å². The monoisotopic (exact) mass is 1330 g/mol. The van der Waals surface area contributed by atoms with E-state index in [1.807, 2.05) is 199 Å². The third kappa shape index (κ3) is 90.3. The fourth-order valence-electron chi connectivity index (χ4n) is 4.78. The van der Waals surface area contributed by atoms with E-state index in [2.05, 4.69) is 133 Å². The molecule has 12 rings (SSSR count).